The Bertz CT molecular complexity index is 586. The highest BCUT2D eigenvalue weighted by atomic mass is 16.2. The van der Waals surface area contributed by atoms with E-state index in [-0.39, 0.29) is 5.91 Å². The fourth-order valence-corrected chi connectivity index (χ4v) is 1.96. The predicted octanol–water partition coefficient (Wildman–Crippen LogP) is 1.46. The van der Waals surface area contributed by atoms with Gasteiger partial charge in [-0.2, -0.15) is 5.10 Å². The second-order valence-electron chi connectivity index (χ2n) is 4.54. The highest BCUT2D eigenvalue weighted by Gasteiger charge is 2.17. The number of nitrogens with zero attached hydrogens (tertiary/aromatic N) is 3. The quantitative estimate of drug-likeness (QED) is 0.906. The molecule has 0 unspecified atom stereocenters. The number of aryl methyl sites for hydroxylation is 2. The molecule has 2 N–H and O–H groups in total. The summed E-state index contributed by atoms with van der Waals surface area (Å²) in [7, 11) is 3.56. The Labute approximate surface area is 112 Å². The van der Waals surface area contributed by atoms with Gasteiger partial charge in [0.25, 0.3) is 5.91 Å². The van der Waals surface area contributed by atoms with Crippen LogP contribution in [-0.4, -0.2) is 22.7 Å². The third-order valence-electron chi connectivity index (χ3n) is 3.11. The molecular formula is C14H18N4O. The van der Waals surface area contributed by atoms with Gasteiger partial charge in [0.1, 0.15) is 0 Å². The SMILES string of the molecule is Cc1nn(C)cc1C(=O)N(C)c1ccc(CN)cc1. The molecule has 1 amide bonds. The zero-order valence-corrected chi connectivity index (χ0v) is 11.4. The van der Waals surface area contributed by atoms with E-state index in [0.29, 0.717) is 12.1 Å². The van der Waals surface area contributed by atoms with E-state index in [2.05, 4.69) is 5.10 Å². The second kappa shape index (κ2) is 5.24. The molecule has 1 heterocycles. The van der Waals surface area contributed by atoms with Gasteiger partial charge in [-0.3, -0.25) is 9.48 Å². The standard InChI is InChI=1S/C14H18N4O/c1-10-13(9-17(2)16-10)14(19)18(3)12-6-4-11(8-15)5-7-12/h4-7,9H,8,15H2,1-3H3. The van der Waals surface area contributed by atoms with Crippen LogP contribution < -0.4 is 10.6 Å². The summed E-state index contributed by atoms with van der Waals surface area (Å²) in [5, 5.41) is 4.19. The first-order valence-corrected chi connectivity index (χ1v) is 6.10. The number of anilines is 1. The largest absolute Gasteiger partial charge is 0.326 e. The Morgan fingerprint density at radius 1 is 1.37 bits per heavy atom. The highest BCUT2D eigenvalue weighted by molar-refractivity contribution is 6.06. The normalized spacial score (nSPS) is 10.5. The summed E-state index contributed by atoms with van der Waals surface area (Å²) in [5.41, 5.74) is 8.79. The molecule has 0 radical (unpaired) electrons. The van der Waals surface area contributed by atoms with E-state index in [4.69, 9.17) is 5.73 Å². The number of benzene rings is 1. The molecule has 0 aliphatic carbocycles. The molecule has 0 saturated heterocycles. The molecule has 5 heteroatoms. The lowest BCUT2D eigenvalue weighted by molar-refractivity contribution is 0.0992. The van der Waals surface area contributed by atoms with Gasteiger partial charge in [-0.1, -0.05) is 12.1 Å². The van der Waals surface area contributed by atoms with E-state index in [1.54, 1.807) is 29.9 Å². The van der Waals surface area contributed by atoms with Crippen molar-refractivity contribution in [2.75, 3.05) is 11.9 Å². The van der Waals surface area contributed by atoms with Crippen molar-refractivity contribution in [3.8, 4) is 0 Å². The van der Waals surface area contributed by atoms with Crippen LogP contribution in [0.5, 0.6) is 0 Å². The minimum atomic E-state index is -0.0638. The molecule has 0 bridgehead atoms. The molecule has 1 aromatic carbocycles. The number of nitrogens with two attached hydrogens (primary N) is 1. The molecule has 100 valence electrons. The number of carbonyl (C=O) groups excluding carboxylic acids is 1. The van der Waals surface area contributed by atoms with Gasteiger partial charge in [0, 0.05) is 32.5 Å². The summed E-state index contributed by atoms with van der Waals surface area (Å²) >= 11 is 0. The Kier molecular flexibility index (Phi) is 3.66. The number of amides is 1. The minimum absolute atomic E-state index is 0.0638. The van der Waals surface area contributed by atoms with Crippen LogP contribution in [0.4, 0.5) is 5.69 Å². The van der Waals surface area contributed by atoms with E-state index in [9.17, 15) is 4.79 Å². The number of hydrogen-bond donors (Lipinski definition) is 1. The van der Waals surface area contributed by atoms with Crippen molar-refractivity contribution in [1.29, 1.82) is 0 Å². The number of carbonyl (C=O) groups is 1. The van der Waals surface area contributed by atoms with E-state index in [1.165, 1.54) is 0 Å². The molecule has 5 nitrogen and oxygen atoms in total. The smallest absolute Gasteiger partial charge is 0.261 e. The summed E-state index contributed by atoms with van der Waals surface area (Å²) in [6.45, 7) is 2.33. The fraction of sp³-hybridized carbons (Fsp3) is 0.286. The zero-order chi connectivity index (χ0) is 14.0. The van der Waals surface area contributed by atoms with Crippen molar-refractivity contribution in [1.82, 2.24) is 9.78 Å². The van der Waals surface area contributed by atoms with E-state index >= 15 is 0 Å². The van der Waals surface area contributed by atoms with Crippen molar-refractivity contribution in [3.05, 3.63) is 47.3 Å². The first-order chi connectivity index (χ1) is 9.02. The van der Waals surface area contributed by atoms with Gasteiger partial charge in [-0.05, 0) is 24.6 Å². The minimum Gasteiger partial charge on any atom is -0.326 e. The van der Waals surface area contributed by atoms with Gasteiger partial charge in [0.15, 0.2) is 0 Å². The summed E-state index contributed by atoms with van der Waals surface area (Å²) in [5.74, 6) is -0.0638. The Hall–Kier alpha value is -2.14. The molecule has 0 aliphatic heterocycles. The average molecular weight is 258 g/mol. The molecular weight excluding hydrogens is 240 g/mol. The third-order valence-corrected chi connectivity index (χ3v) is 3.11. The second-order valence-corrected chi connectivity index (χ2v) is 4.54. The van der Waals surface area contributed by atoms with Crippen LogP contribution in [0.25, 0.3) is 0 Å². The summed E-state index contributed by atoms with van der Waals surface area (Å²) in [6.07, 6.45) is 1.74. The molecule has 1 aromatic heterocycles. The van der Waals surface area contributed by atoms with Crippen molar-refractivity contribution in [2.24, 2.45) is 12.8 Å². The maximum atomic E-state index is 12.4. The predicted molar refractivity (Wildman–Crippen MR) is 75.0 cm³/mol. The van der Waals surface area contributed by atoms with Crippen LogP contribution in [0, 0.1) is 6.92 Å². The molecule has 19 heavy (non-hydrogen) atoms. The number of rotatable bonds is 3. The van der Waals surface area contributed by atoms with E-state index in [1.807, 2.05) is 31.2 Å². The lowest BCUT2D eigenvalue weighted by atomic mass is 10.2. The summed E-state index contributed by atoms with van der Waals surface area (Å²) in [4.78, 5) is 14.0. The van der Waals surface area contributed by atoms with E-state index < -0.39 is 0 Å². The zero-order valence-electron chi connectivity index (χ0n) is 11.4. The van der Waals surface area contributed by atoms with Crippen molar-refractivity contribution < 1.29 is 4.79 Å². The number of hydrogen-bond acceptors (Lipinski definition) is 3. The molecule has 0 aliphatic rings. The van der Waals surface area contributed by atoms with Crippen LogP contribution in [0.15, 0.2) is 30.5 Å². The van der Waals surface area contributed by atoms with Gasteiger partial charge in [0.2, 0.25) is 0 Å². The Morgan fingerprint density at radius 2 is 2.00 bits per heavy atom. The van der Waals surface area contributed by atoms with Crippen LogP contribution in [0.2, 0.25) is 0 Å². The molecule has 0 atom stereocenters. The molecule has 0 spiro atoms. The summed E-state index contributed by atoms with van der Waals surface area (Å²) in [6, 6.07) is 7.64. The van der Waals surface area contributed by atoms with Gasteiger partial charge >= 0.3 is 0 Å². The van der Waals surface area contributed by atoms with Gasteiger partial charge in [0.05, 0.1) is 11.3 Å². The maximum Gasteiger partial charge on any atom is 0.261 e. The van der Waals surface area contributed by atoms with Gasteiger partial charge in [-0.15, -0.1) is 0 Å². The maximum absolute atomic E-state index is 12.4. The van der Waals surface area contributed by atoms with Crippen LogP contribution >= 0.6 is 0 Å². The molecule has 2 aromatic rings. The monoisotopic (exact) mass is 258 g/mol. The number of aromatic nitrogens is 2. The van der Waals surface area contributed by atoms with Crippen molar-refractivity contribution in [3.63, 3.8) is 0 Å². The molecule has 0 saturated carbocycles. The van der Waals surface area contributed by atoms with Gasteiger partial charge < -0.3 is 10.6 Å². The van der Waals surface area contributed by atoms with Crippen LogP contribution in [0.3, 0.4) is 0 Å². The highest BCUT2D eigenvalue weighted by Crippen LogP contribution is 2.17. The first-order valence-electron chi connectivity index (χ1n) is 6.10. The van der Waals surface area contributed by atoms with Gasteiger partial charge in [-0.25, -0.2) is 0 Å². The van der Waals surface area contributed by atoms with Crippen molar-refractivity contribution in [2.45, 2.75) is 13.5 Å². The molecule has 2 rings (SSSR count). The Balaban J connectivity index is 2.25. The fourth-order valence-electron chi connectivity index (χ4n) is 1.96. The third kappa shape index (κ3) is 2.66. The lowest BCUT2D eigenvalue weighted by Gasteiger charge is -2.17. The lowest BCUT2D eigenvalue weighted by Crippen LogP contribution is -2.26. The first kappa shape index (κ1) is 13.3. The molecule has 0 fully saturated rings. The Morgan fingerprint density at radius 3 is 2.47 bits per heavy atom. The average Bonchev–Trinajstić information content (AvgIpc) is 2.76. The van der Waals surface area contributed by atoms with Crippen LogP contribution in [0.1, 0.15) is 21.6 Å². The van der Waals surface area contributed by atoms with Crippen LogP contribution in [-0.2, 0) is 13.6 Å². The van der Waals surface area contributed by atoms with Crippen molar-refractivity contribution >= 4 is 11.6 Å². The summed E-state index contributed by atoms with van der Waals surface area (Å²) < 4.78 is 1.65. The topological polar surface area (TPSA) is 64.2 Å². The van der Waals surface area contributed by atoms with E-state index in [0.717, 1.165) is 16.9 Å².